The maximum absolute atomic E-state index is 5.82. The van der Waals surface area contributed by atoms with Crippen LogP contribution in [0.2, 0.25) is 0 Å². The number of hydrogen-bond donors (Lipinski definition) is 3. The molecule has 0 bridgehead atoms. The fourth-order valence-electron chi connectivity index (χ4n) is 5.17. The summed E-state index contributed by atoms with van der Waals surface area (Å²) in [4.78, 5) is 12.6. The van der Waals surface area contributed by atoms with Crippen molar-refractivity contribution in [2.24, 2.45) is 5.73 Å². The first-order valence-corrected chi connectivity index (χ1v) is 12.6. The Bertz CT molecular complexity index is 1420. The van der Waals surface area contributed by atoms with Gasteiger partial charge in [0, 0.05) is 30.5 Å². The Morgan fingerprint density at radius 1 is 1.09 bits per heavy atom. The van der Waals surface area contributed by atoms with E-state index in [2.05, 4.69) is 70.7 Å². The number of nitrogens with two attached hydrogens (primary N) is 1. The number of fused-ring (bicyclic) bond motifs is 1. The number of H-pyrrole nitrogens is 1. The van der Waals surface area contributed by atoms with Gasteiger partial charge in [0.1, 0.15) is 4.64 Å². The molecule has 6 heteroatoms. The van der Waals surface area contributed by atoms with Gasteiger partial charge in [-0.15, -0.1) is 0 Å². The predicted octanol–water partition coefficient (Wildman–Crippen LogP) is 5.63. The van der Waals surface area contributed by atoms with Crippen LogP contribution in [0.25, 0.3) is 22.4 Å². The number of pyridine rings is 1. The Morgan fingerprint density at radius 2 is 1.91 bits per heavy atom. The smallest absolute Gasteiger partial charge is 0.126 e. The second-order valence-corrected chi connectivity index (χ2v) is 9.71. The van der Waals surface area contributed by atoms with E-state index in [-0.39, 0.29) is 0 Å². The van der Waals surface area contributed by atoms with Crippen LogP contribution in [-0.2, 0) is 25.9 Å². The van der Waals surface area contributed by atoms with Crippen molar-refractivity contribution in [1.82, 2.24) is 20.3 Å². The van der Waals surface area contributed by atoms with Crippen molar-refractivity contribution in [3.05, 3.63) is 99.2 Å². The molecule has 0 spiro atoms. The molecule has 0 saturated carbocycles. The maximum atomic E-state index is 5.82. The van der Waals surface area contributed by atoms with Crippen molar-refractivity contribution in [3.63, 3.8) is 0 Å². The summed E-state index contributed by atoms with van der Waals surface area (Å²) in [5, 5.41) is 3.11. The van der Waals surface area contributed by atoms with Crippen molar-refractivity contribution in [2.75, 3.05) is 7.05 Å². The lowest BCUT2D eigenvalue weighted by molar-refractivity contribution is 0.662. The third-order valence-electron chi connectivity index (χ3n) is 7.03. The summed E-state index contributed by atoms with van der Waals surface area (Å²) in [5.74, 6) is 0.490. The Hall–Kier alpha value is -3.19. The van der Waals surface area contributed by atoms with Crippen LogP contribution in [0, 0.1) is 11.6 Å². The summed E-state index contributed by atoms with van der Waals surface area (Å²) in [7, 11) is 1.89. The Morgan fingerprint density at radius 3 is 2.69 bits per heavy atom. The highest BCUT2D eigenvalue weighted by Gasteiger charge is 2.25. The molecule has 1 atom stereocenters. The van der Waals surface area contributed by atoms with E-state index in [1.807, 2.05) is 19.4 Å². The lowest BCUT2D eigenvalue weighted by Crippen LogP contribution is -2.08. The predicted molar refractivity (Wildman–Crippen MR) is 145 cm³/mol. The van der Waals surface area contributed by atoms with Crippen LogP contribution in [0.4, 0.5) is 0 Å². The molecule has 0 radical (unpaired) electrons. The number of nitrogens with one attached hydrogen (secondary N) is 2. The third-order valence-corrected chi connectivity index (χ3v) is 7.37. The molecule has 2 heterocycles. The Kier molecular flexibility index (Phi) is 6.86. The van der Waals surface area contributed by atoms with Gasteiger partial charge in [0.15, 0.2) is 0 Å². The van der Waals surface area contributed by atoms with Gasteiger partial charge in [0.2, 0.25) is 0 Å². The first-order chi connectivity index (χ1) is 17.1. The van der Waals surface area contributed by atoms with Crippen LogP contribution in [0.15, 0.2) is 60.9 Å². The monoisotopic (exact) mass is 481 g/mol. The highest BCUT2D eigenvalue weighted by atomic mass is 32.1. The Balaban J connectivity index is 1.44. The van der Waals surface area contributed by atoms with Crippen molar-refractivity contribution >= 4 is 12.2 Å². The highest BCUT2D eigenvalue weighted by Crippen LogP contribution is 2.41. The summed E-state index contributed by atoms with van der Waals surface area (Å²) in [6, 6.07) is 17.6. The van der Waals surface area contributed by atoms with Crippen molar-refractivity contribution in [1.29, 1.82) is 0 Å². The van der Waals surface area contributed by atoms with Gasteiger partial charge >= 0.3 is 0 Å². The van der Waals surface area contributed by atoms with Crippen LogP contribution >= 0.6 is 12.2 Å². The van der Waals surface area contributed by atoms with Crippen LogP contribution in [0.5, 0.6) is 0 Å². The summed E-state index contributed by atoms with van der Waals surface area (Å²) < 4.78 is 0.675. The van der Waals surface area contributed by atoms with Gasteiger partial charge in [-0.2, -0.15) is 0 Å². The number of aromatic amines is 1. The molecule has 178 valence electrons. The minimum absolute atomic E-state index is 0.490. The quantitative estimate of drug-likeness (QED) is 0.298. The van der Waals surface area contributed by atoms with E-state index in [4.69, 9.17) is 22.9 Å². The molecule has 35 heavy (non-hydrogen) atoms. The van der Waals surface area contributed by atoms with Crippen LogP contribution in [0.3, 0.4) is 0 Å². The largest absolute Gasteiger partial charge is 0.343 e. The molecule has 0 aliphatic heterocycles. The molecule has 2 aromatic carbocycles. The van der Waals surface area contributed by atoms with E-state index < -0.39 is 0 Å². The fraction of sp³-hybridized carbons (Fsp3) is 0.276. The second kappa shape index (κ2) is 10.2. The van der Waals surface area contributed by atoms with Crippen molar-refractivity contribution in [2.45, 2.75) is 45.2 Å². The molecule has 0 saturated heterocycles. The number of benzene rings is 2. The van der Waals surface area contributed by atoms with Gasteiger partial charge in [0.25, 0.3) is 0 Å². The summed E-state index contributed by atoms with van der Waals surface area (Å²) in [6.45, 7) is 3.31. The molecule has 0 fully saturated rings. The molecule has 2 aromatic heterocycles. The zero-order chi connectivity index (χ0) is 24.4. The maximum Gasteiger partial charge on any atom is 0.126 e. The molecule has 5 rings (SSSR count). The normalized spacial score (nSPS) is 14.8. The number of hydrogen-bond acceptors (Lipinski definition) is 5. The zero-order valence-corrected chi connectivity index (χ0v) is 21.1. The molecule has 0 amide bonds. The summed E-state index contributed by atoms with van der Waals surface area (Å²) >= 11 is 5.52. The van der Waals surface area contributed by atoms with Crippen LogP contribution < -0.4 is 11.1 Å². The molecule has 4 aromatic rings. The second-order valence-electron chi connectivity index (χ2n) is 9.30. The van der Waals surface area contributed by atoms with Crippen LogP contribution in [-0.4, -0.2) is 22.0 Å². The third kappa shape index (κ3) is 4.82. The van der Waals surface area contributed by atoms with E-state index in [1.165, 1.54) is 27.8 Å². The summed E-state index contributed by atoms with van der Waals surface area (Å²) in [6.07, 6.45) is 7.01. The summed E-state index contributed by atoms with van der Waals surface area (Å²) in [5.41, 5.74) is 17.6. The van der Waals surface area contributed by atoms with E-state index in [9.17, 15) is 0 Å². The Labute approximate surface area is 211 Å². The lowest BCUT2D eigenvalue weighted by atomic mass is 9.91. The molecule has 5 nitrogen and oxygen atoms in total. The fourth-order valence-corrected chi connectivity index (χ4v) is 5.40. The number of aromatic nitrogens is 3. The van der Waals surface area contributed by atoms with Crippen molar-refractivity contribution < 1.29 is 0 Å². The van der Waals surface area contributed by atoms with Crippen molar-refractivity contribution in [3.8, 4) is 22.4 Å². The van der Waals surface area contributed by atoms with E-state index in [0.717, 1.165) is 47.5 Å². The molecule has 4 N–H and O–H groups in total. The van der Waals surface area contributed by atoms with E-state index >= 15 is 0 Å². The van der Waals surface area contributed by atoms with E-state index in [0.29, 0.717) is 23.6 Å². The molecular weight excluding hydrogens is 450 g/mol. The minimum atomic E-state index is 0.490. The topological polar surface area (TPSA) is 79.6 Å². The van der Waals surface area contributed by atoms with Crippen LogP contribution in [0.1, 0.15) is 46.0 Å². The van der Waals surface area contributed by atoms with Gasteiger partial charge in [-0.25, -0.2) is 0 Å². The standard InChI is InChI=1S/C29H31N5S/c1-18-11-23(32-15-22(18)14-30)13-20-9-10-26-24(7-4-8-25(20)26)19-5-3-6-21(12-19)27-17-33-28(16-31-2)29(35)34-27/h3-8,11-12,15,17,20,31H,9-10,13-14,16,30H2,1-2H3,(H,34,35). The SMILES string of the molecule is CNCc1ncc(-c2cccc(-c3cccc4c3CCC4Cc3cc(C)c(CN)cn3)c2)[nH]c1=S. The van der Waals surface area contributed by atoms with Gasteiger partial charge in [-0.1, -0.05) is 48.6 Å². The average Bonchev–Trinajstić information content (AvgIpc) is 3.28. The van der Waals surface area contributed by atoms with Gasteiger partial charge in [0.05, 0.1) is 17.6 Å². The molecule has 1 aliphatic rings. The number of nitrogens with zero attached hydrogens (tertiary/aromatic N) is 2. The number of aryl methyl sites for hydroxylation is 1. The molecule has 1 unspecified atom stereocenters. The van der Waals surface area contributed by atoms with Gasteiger partial charge in [-0.3, -0.25) is 9.97 Å². The highest BCUT2D eigenvalue weighted by molar-refractivity contribution is 7.71. The minimum Gasteiger partial charge on any atom is -0.343 e. The lowest BCUT2D eigenvalue weighted by Gasteiger charge is -2.14. The van der Waals surface area contributed by atoms with Gasteiger partial charge < -0.3 is 16.0 Å². The number of rotatable bonds is 7. The van der Waals surface area contributed by atoms with E-state index in [1.54, 1.807) is 0 Å². The molecule has 1 aliphatic carbocycles. The molecular formula is C29H31N5S. The average molecular weight is 482 g/mol. The van der Waals surface area contributed by atoms with Gasteiger partial charge in [-0.05, 0) is 84.7 Å². The first kappa shape index (κ1) is 23.5. The first-order valence-electron chi connectivity index (χ1n) is 12.2. The zero-order valence-electron chi connectivity index (χ0n) is 20.3.